The molecule has 0 fully saturated rings. The van der Waals surface area contributed by atoms with Gasteiger partial charge in [-0.3, -0.25) is 9.59 Å². The van der Waals surface area contributed by atoms with Gasteiger partial charge in [-0.15, -0.1) is 0 Å². The second-order valence-corrected chi connectivity index (χ2v) is 7.46. The lowest BCUT2D eigenvalue weighted by Crippen LogP contribution is -2.34. The maximum atomic E-state index is 12.6. The Balaban J connectivity index is 1.86. The lowest BCUT2D eigenvalue weighted by Gasteiger charge is -2.23. The second kappa shape index (κ2) is 9.33. The molecule has 2 N–H and O–H groups in total. The Morgan fingerprint density at radius 1 is 1.04 bits per heavy atom. The Hall–Kier alpha value is -2.66. The fourth-order valence-electron chi connectivity index (χ4n) is 2.53. The van der Waals surface area contributed by atoms with Crippen molar-refractivity contribution in [2.24, 2.45) is 11.3 Å². The number of carbonyl (C=O) groups is 2. The molecule has 0 aliphatic rings. The van der Waals surface area contributed by atoms with Gasteiger partial charge in [0.05, 0.1) is 24.5 Å². The van der Waals surface area contributed by atoms with Crippen molar-refractivity contribution in [2.75, 3.05) is 11.9 Å². The molecule has 0 aromatic heterocycles. The summed E-state index contributed by atoms with van der Waals surface area (Å²) in [5, 5.41) is 11.9. The van der Waals surface area contributed by atoms with Crippen LogP contribution in [0.2, 0.25) is 0 Å². The molecule has 0 heterocycles. The summed E-state index contributed by atoms with van der Waals surface area (Å²) in [5.41, 5.74) is 2.00. The Bertz CT molecular complexity index is 754. The summed E-state index contributed by atoms with van der Waals surface area (Å²) in [6, 6.07) is 17.1. The van der Waals surface area contributed by atoms with Gasteiger partial charge >= 0.3 is 5.97 Å². The number of ether oxygens (including phenoxy) is 1. The zero-order valence-corrected chi connectivity index (χ0v) is 16.1. The standard InChI is InChI=1S/C22H27NO4/c1-16(20(24)25)13-17-9-11-19(12-10-17)23-21(26)22(2,3)15-27-14-18-7-5-4-6-8-18/h4-12,16H,13-15H2,1-3H3,(H,23,26)(H,24,25). The van der Waals surface area contributed by atoms with Crippen molar-refractivity contribution in [2.45, 2.75) is 33.8 Å². The van der Waals surface area contributed by atoms with E-state index < -0.39 is 17.3 Å². The normalized spacial score (nSPS) is 12.4. The van der Waals surface area contributed by atoms with Gasteiger partial charge in [0.1, 0.15) is 0 Å². The van der Waals surface area contributed by atoms with Crippen LogP contribution in [0.15, 0.2) is 54.6 Å². The summed E-state index contributed by atoms with van der Waals surface area (Å²) in [6.07, 6.45) is 0.461. The summed E-state index contributed by atoms with van der Waals surface area (Å²) < 4.78 is 5.71. The van der Waals surface area contributed by atoms with Crippen molar-refractivity contribution in [1.29, 1.82) is 0 Å². The van der Waals surface area contributed by atoms with Gasteiger partial charge in [-0.25, -0.2) is 0 Å². The second-order valence-electron chi connectivity index (χ2n) is 7.46. The van der Waals surface area contributed by atoms with Crippen molar-refractivity contribution >= 4 is 17.6 Å². The molecule has 0 saturated carbocycles. The minimum atomic E-state index is -0.815. The van der Waals surface area contributed by atoms with Crippen LogP contribution in [0.1, 0.15) is 31.9 Å². The predicted octanol–water partition coefficient (Wildman–Crippen LogP) is 4.13. The molecule has 0 saturated heterocycles. The van der Waals surface area contributed by atoms with Gasteiger partial charge in [-0.2, -0.15) is 0 Å². The predicted molar refractivity (Wildman–Crippen MR) is 105 cm³/mol. The van der Waals surface area contributed by atoms with Crippen LogP contribution in [-0.4, -0.2) is 23.6 Å². The van der Waals surface area contributed by atoms with Crippen molar-refractivity contribution < 1.29 is 19.4 Å². The fourth-order valence-corrected chi connectivity index (χ4v) is 2.53. The van der Waals surface area contributed by atoms with E-state index in [1.807, 2.05) is 56.3 Å². The van der Waals surface area contributed by atoms with Gasteiger partial charge in [0.2, 0.25) is 5.91 Å². The van der Waals surface area contributed by atoms with E-state index in [9.17, 15) is 9.59 Å². The molecule has 0 bridgehead atoms. The third kappa shape index (κ3) is 6.53. The van der Waals surface area contributed by atoms with E-state index in [0.29, 0.717) is 25.3 Å². The number of hydrogen-bond donors (Lipinski definition) is 2. The number of aliphatic carboxylic acids is 1. The highest BCUT2D eigenvalue weighted by molar-refractivity contribution is 5.94. The van der Waals surface area contributed by atoms with Crippen LogP contribution < -0.4 is 5.32 Å². The van der Waals surface area contributed by atoms with E-state index in [0.717, 1.165) is 11.1 Å². The molecule has 5 heteroatoms. The largest absolute Gasteiger partial charge is 0.481 e. The van der Waals surface area contributed by atoms with Gasteiger partial charge in [0.25, 0.3) is 0 Å². The van der Waals surface area contributed by atoms with Gasteiger partial charge in [0.15, 0.2) is 0 Å². The third-order valence-corrected chi connectivity index (χ3v) is 4.36. The quantitative estimate of drug-likeness (QED) is 0.697. The van der Waals surface area contributed by atoms with E-state index in [4.69, 9.17) is 9.84 Å². The van der Waals surface area contributed by atoms with Crippen molar-refractivity contribution in [3.8, 4) is 0 Å². The fraction of sp³-hybridized carbons (Fsp3) is 0.364. The first-order chi connectivity index (χ1) is 12.8. The maximum Gasteiger partial charge on any atom is 0.306 e. The van der Waals surface area contributed by atoms with Gasteiger partial charge in [-0.1, -0.05) is 49.4 Å². The highest BCUT2D eigenvalue weighted by Gasteiger charge is 2.28. The highest BCUT2D eigenvalue weighted by Crippen LogP contribution is 2.21. The number of nitrogens with one attached hydrogen (secondary N) is 1. The number of rotatable bonds is 9. The minimum absolute atomic E-state index is 0.123. The molecule has 0 spiro atoms. The zero-order valence-electron chi connectivity index (χ0n) is 16.1. The van der Waals surface area contributed by atoms with Gasteiger partial charge < -0.3 is 15.2 Å². The highest BCUT2D eigenvalue weighted by atomic mass is 16.5. The van der Waals surface area contributed by atoms with E-state index in [-0.39, 0.29) is 5.91 Å². The van der Waals surface area contributed by atoms with Crippen molar-refractivity contribution in [3.05, 3.63) is 65.7 Å². The molecule has 5 nitrogen and oxygen atoms in total. The average Bonchev–Trinajstić information content (AvgIpc) is 2.64. The first kappa shape index (κ1) is 20.6. The Labute approximate surface area is 160 Å². The van der Waals surface area contributed by atoms with E-state index in [1.54, 1.807) is 19.1 Å². The molecule has 2 aromatic rings. The van der Waals surface area contributed by atoms with Crippen LogP contribution >= 0.6 is 0 Å². The molecule has 27 heavy (non-hydrogen) atoms. The number of amides is 1. The van der Waals surface area contributed by atoms with Crippen molar-refractivity contribution in [1.82, 2.24) is 0 Å². The lowest BCUT2D eigenvalue weighted by atomic mass is 9.93. The Morgan fingerprint density at radius 2 is 1.67 bits per heavy atom. The van der Waals surface area contributed by atoms with E-state index in [1.165, 1.54) is 0 Å². The maximum absolute atomic E-state index is 12.6. The monoisotopic (exact) mass is 369 g/mol. The van der Waals surface area contributed by atoms with Crippen LogP contribution in [0.4, 0.5) is 5.69 Å². The molecular weight excluding hydrogens is 342 g/mol. The smallest absolute Gasteiger partial charge is 0.306 e. The molecule has 1 unspecified atom stereocenters. The number of carboxylic acid groups (broad SMARTS) is 1. The molecule has 0 radical (unpaired) electrons. The summed E-state index contributed by atoms with van der Waals surface area (Å²) >= 11 is 0. The summed E-state index contributed by atoms with van der Waals surface area (Å²) in [7, 11) is 0. The van der Waals surface area contributed by atoms with Crippen molar-refractivity contribution in [3.63, 3.8) is 0 Å². The first-order valence-electron chi connectivity index (χ1n) is 9.03. The first-order valence-corrected chi connectivity index (χ1v) is 9.03. The summed E-state index contributed by atoms with van der Waals surface area (Å²) in [6.45, 7) is 6.14. The summed E-state index contributed by atoms with van der Waals surface area (Å²) in [4.78, 5) is 23.5. The Morgan fingerprint density at radius 3 is 2.26 bits per heavy atom. The number of carbonyl (C=O) groups excluding carboxylic acids is 1. The third-order valence-electron chi connectivity index (χ3n) is 4.36. The molecule has 1 amide bonds. The SMILES string of the molecule is CC(Cc1ccc(NC(=O)C(C)(C)COCc2ccccc2)cc1)C(=O)O. The molecule has 0 aliphatic heterocycles. The Kier molecular flexibility index (Phi) is 7.13. The topological polar surface area (TPSA) is 75.6 Å². The number of benzene rings is 2. The van der Waals surface area contributed by atoms with E-state index >= 15 is 0 Å². The zero-order chi connectivity index (χ0) is 19.9. The molecular formula is C22H27NO4. The number of carboxylic acids is 1. The van der Waals surface area contributed by atoms with Crippen LogP contribution in [0.3, 0.4) is 0 Å². The van der Waals surface area contributed by atoms with Crippen LogP contribution in [0, 0.1) is 11.3 Å². The lowest BCUT2D eigenvalue weighted by molar-refractivity contribution is -0.141. The number of hydrogen-bond acceptors (Lipinski definition) is 3. The minimum Gasteiger partial charge on any atom is -0.481 e. The van der Waals surface area contributed by atoms with Crippen LogP contribution in [0.5, 0.6) is 0 Å². The summed E-state index contributed by atoms with van der Waals surface area (Å²) in [5.74, 6) is -1.38. The van der Waals surface area contributed by atoms with Gasteiger partial charge in [0, 0.05) is 5.69 Å². The van der Waals surface area contributed by atoms with Gasteiger partial charge in [-0.05, 0) is 43.5 Å². The van der Waals surface area contributed by atoms with Crippen LogP contribution in [-0.2, 0) is 27.4 Å². The molecule has 2 rings (SSSR count). The molecule has 1 atom stereocenters. The molecule has 144 valence electrons. The number of anilines is 1. The van der Waals surface area contributed by atoms with Crippen LogP contribution in [0.25, 0.3) is 0 Å². The van der Waals surface area contributed by atoms with E-state index in [2.05, 4.69) is 5.32 Å². The molecule has 0 aliphatic carbocycles. The molecule has 2 aromatic carbocycles. The average molecular weight is 369 g/mol.